The number of benzene rings is 3. The molecule has 0 saturated heterocycles. The monoisotopic (exact) mass is 556 g/mol. The summed E-state index contributed by atoms with van der Waals surface area (Å²) in [4.78, 5) is 17.6. The number of methoxy groups -OCH3 is 1. The molecule has 196 valence electrons. The first-order valence-electron chi connectivity index (χ1n) is 12.2. The molecule has 6 rings (SSSR count). The highest BCUT2D eigenvalue weighted by atomic mass is 32.2. The van der Waals surface area contributed by atoms with Crippen LogP contribution in [-0.2, 0) is 17.9 Å². The average molecular weight is 557 g/mol. The highest BCUT2D eigenvalue weighted by Gasteiger charge is 2.28. The third-order valence-electron chi connectivity index (χ3n) is 6.10. The fourth-order valence-electron chi connectivity index (χ4n) is 4.25. The molecule has 0 fully saturated rings. The third-order valence-corrected chi connectivity index (χ3v) is 8.18. The zero-order valence-corrected chi connectivity index (χ0v) is 22.7. The summed E-state index contributed by atoms with van der Waals surface area (Å²) >= 11 is 3.02. The van der Waals surface area contributed by atoms with Crippen LogP contribution < -0.4 is 14.4 Å². The Labute approximate surface area is 233 Å². The normalized spacial score (nSPS) is 12.1. The Bertz CT molecular complexity index is 1560. The van der Waals surface area contributed by atoms with Crippen molar-refractivity contribution in [2.75, 3.05) is 17.8 Å². The van der Waals surface area contributed by atoms with Crippen LogP contribution in [0.1, 0.15) is 11.6 Å². The maximum absolute atomic E-state index is 13.7. The highest BCUT2D eigenvalue weighted by Crippen LogP contribution is 2.48. The number of rotatable bonds is 9. The number of thioether (sulfide) groups is 1. The van der Waals surface area contributed by atoms with Crippen molar-refractivity contribution in [2.45, 2.75) is 28.1 Å². The first kappa shape index (κ1) is 25.1. The van der Waals surface area contributed by atoms with Crippen molar-refractivity contribution >= 4 is 40.8 Å². The van der Waals surface area contributed by atoms with Gasteiger partial charge in [0.25, 0.3) is 0 Å². The molecule has 10 heteroatoms. The van der Waals surface area contributed by atoms with Crippen LogP contribution in [0.2, 0.25) is 0 Å². The van der Waals surface area contributed by atoms with E-state index in [0.29, 0.717) is 29.0 Å². The minimum absolute atomic E-state index is 0.0399. The summed E-state index contributed by atoms with van der Waals surface area (Å²) in [6.45, 7) is 0.610. The summed E-state index contributed by atoms with van der Waals surface area (Å²) in [5.41, 5.74) is 1.77. The second-order valence-corrected chi connectivity index (χ2v) is 10.6. The lowest BCUT2D eigenvalue weighted by Gasteiger charge is -2.30. The average Bonchev–Trinajstić information content (AvgIpc) is 3.63. The van der Waals surface area contributed by atoms with Gasteiger partial charge in [-0.25, -0.2) is 0 Å². The van der Waals surface area contributed by atoms with Crippen molar-refractivity contribution in [3.63, 3.8) is 0 Å². The van der Waals surface area contributed by atoms with Gasteiger partial charge >= 0.3 is 0 Å². The lowest BCUT2D eigenvalue weighted by molar-refractivity contribution is -0.115. The number of furan rings is 1. The molecular formula is C29H24N4O4S2. The number of ether oxygens (including phenoxy) is 2. The largest absolute Gasteiger partial charge is 0.497 e. The number of aromatic nitrogens is 3. The van der Waals surface area contributed by atoms with Gasteiger partial charge in [0.15, 0.2) is 11.0 Å². The zero-order valence-electron chi connectivity index (χ0n) is 21.0. The van der Waals surface area contributed by atoms with E-state index in [2.05, 4.69) is 10.2 Å². The second-order valence-electron chi connectivity index (χ2n) is 8.59. The van der Waals surface area contributed by atoms with Crippen LogP contribution in [0.4, 0.5) is 11.4 Å². The van der Waals surface area contributed by atoms with Crippen LogP contribution in [0.5, 0.6) is 11.5 Å². The van der Waals surface area contributed by atoms with E-state index in [0.717, 1.165) is 26.9 Å². The van der Waals surface area contributed by atoms with Gasteiger partial charge < -0.3 is 13.9 Å². The standard InChI is InChI=1S/C29H24N4O4S2/c1-35-20-8-6-9-21(16-20)37-18-27-30-31-29(32(27)17-22-10-7-15-36-22)38-19-28(34)33-23-11-2-4-13-25(23)39-26-14-5-3-12-24(26)33/h2-16H,17-19H2,1H3. The van der Waals surface area contributed by atoms with Crippen LogP contribution in [0.3, 0.4) is 0 Å². The van der Waals surface area contributed by atoms with Crippen LogP contribution in [0.15, 0.2) is 111 Å². The molecule has 1 amide bonds. The van der Waals surface area contributed by atoms with Crippen LogP contribution in [0.25, 0.3) is 0 Å². The topological polar surface area (TPSA) is 82.6 Å². The number of carbonyl (C=O) groups excluding carboxylic acids is 1. The Morgan fingerprint density at radius 3 is 2.38 bits per heavy atom. The molecule has 2 aromatic heterocycles. The van der Waals surface area contributed by atoms with Gasteiger partial charge in [0.05, 0.1) is 37.0 Å². The van der Waals surface area contributed by atoms with Gasteiger partial charge in [-0.2, -0.15) is 0 Å². The number of para-hydroxylation sites is 2. The van der Waals surface area contributed by atoms with Crippen LogP contribution in [-0.4, -0.2) is 33.5 Å². The van der Waals surface area contributed by atoms with Gasteiger partial charge in [0.2, 0.25) is 5.91 Å². The van der Waals surface area contributed by atoms with Gasteiger partial charge in [-0.05, 0) is 48.5 Å². The molecule has 0 aliphatic carbocycles. The van der Waals surface area contributed by atoms with Crippen molar-refractivity contribution in [1.82, 2.24) is 14.8 Å². The van der Waals surface area contributed by atoms with Gasteiger partial charge in [0.1, 0.15) is 23.9 Å². The maximum atomic E-state index is 13.7. The zero-order chi connectivity index (χ0) is 26.6. The number of carbonyl (C=O) groups is 1. The van der Waals surface area contributed by atoms with Crippen molar-refractivity contribution in [2.24, 2.45) is 0 Å². The molecule has 0 saturated carbocycles. The molecule has 39 heavy (non-hydrogen) atoms. The fraction of sp³-hybridized carbons (Fsp3) is 0.138. The second kappa shape index (κ2) is 11.3. The minimum atomic E-state index is -0.0399. The van der Waals surface area contributed by atoms with Gasteiger partial charge in [-0.1, -0.05) is 53.9 Å². The van der Waals surface area contributed by atoms with E-state index < -0.39 is 0 Å². The predicted octanol–water partition coefficient (Wildman–Crippen LogP) is 6.43. The first-order valence-corrected chi connectivity index (χ1v) is 14.0. The summed E-state index contributed by atoms with van der Waals surface area (Å²) in [6.07, 6.45) is 1.63. The van der Waals surface area contributed by atoms with Crippen LogP contribution >= 0.6 is 23.5 Å². The molecule has 5 aromatic rings. The Hall–Kier alpha value is -4.15. The SMILES string of the molecule is COc1cccc(OCc2nnc(SCC(=O)N3c4ccccc4Sc4ccccc43)n2Cc2ccco2)c1. The summed E-state index contributed by atoms with van der Waals surface area (Å²) in [5, 5.41) is 9.39. The summed E-state index contributed by atoms with van der Waals surface area (Å²) in [5.74, 6) is 2.88. The van der Waals surface area contributed by atoms with E-state index in [1.165, 1.54) is 11.8 Å². The molecule has 3 heterocycles. The quantitative estimate of drug-likeness (QED) is 0.192. The Kier molecular flexibility index (Phi) is 7.29. The third kappa shape index (κ3) is 5.39. The Balaban J connectivity index is 1.23. The van der Waals surface area contributed by atoms with E-state index in [4.69, 9.17) is 13.9 Å². The van der Waals surface area contributed by atoms with Gasteiger partial charge in [0, 0.05) is 15.9 Å². The number of hydrogen-bond donors (Lipinski definition) is 0. The summed E-state index contributed by atoms with van der Waals surface area (Å²) in [7, 11) is 1.61. The number of amides is 1. The molecule has 0 atom stereocenters. The molecule has 0 bridgehead atoms. The molecule has 3 aromatic carbocycles. The number of hydrogen-bond acceptors (Lipinski definition) is 8. The minimum Gasteiger partial charge on any atom is -0.497 e. The lowest BCUT2D eigenvalue weighted by Crippen LogP contribution is -2.30. The van der Waals surface area contributed by atoms with E-state index >= 15 is 0 Å². The fourth-order valence-corrected chi connectivity index (χ4v) is 6.12. The molecule has 0 unspecified atom stereocenters. The Morgan fingerprint density at radius 2 is 1.67 bits per heavy atom. The van der Waals surface area contributed by atoms with Crippen molar-refractivity contribution in [3.8, 4) is 11.5 Å². The molecular weight excluding hydrogens is 532 g/mol. The summed E-state index contributed by atoms with van der Waals surface area (Å²) < 4.78 is 18.8. The van der Waals surface area contributed by atoms with Crippen LogP contribution in [0, 0.1) is 0 Å². The number of nitrogens with zero attached hydrogens (tertiary/aromatic N) is 4. The molecule has 1 aliphatic rings. The highest BCUT2D eigenvalue weighted by molar-refractivity contribution is 8.00. The van der Waals surface area contributed by atoms with E-state index in [-0.39, 0.29) is 18.3 Å². The maximum Gasteiger partial charge on any atom is 0.242 e. The van der Waals surface area contributed by atoms with Gasteiger partial charge in [-0.15, -0.1) is 10.2 Å². The van der Waals surface area contributed by atoms with Gasteiger partial charge in [-0.3, -0.25) is 14.3 Å². The van der Waals surface area contributed by atoms with E-state index in [1.807, 2.05) is 89.5 Å². The van der Waals surface area contributed by atoms with Crippen molar-refractivity contribution < 1.29 is 18.7 Å². The van der Waals surface area contributed by atoms with E-state index in [9.17, 15) is 4.79 Å². The molecule has 1 aliphatic heterocycles. The molecule has 0 N–H and O–H groups in total. The van der Waals surface area contributed by atoms with Crippen molar-refractivity contribution in [3.05, 3.63) is 103 Å². The number of anilines is 2. The predicted molar refractivity (Wildman–Crippen MR) is 150 cm³/mol. The molecule has 8 nitrogen and oxygen atoms in total. The number of fused-ring (bicyclic) bond motifs is 2. The summed E-state index contributed by atoms with van der Waals surface area (Å²) in [6, 6.07) is 27.1. The molecule has 0 spiro atoms. The lowest BCUT2D eigenvalue weighted by atomic mass is 10.2. The molecule has 0 radical (unpaired) electrons. The van der Waals surface area contributed by atoms with E-state index in [1.54, 1.807) is 30.0 Å². The smallest absolute Gasteiger partial charge is 0.242 e. The Morgan fingerprint density at radius 1 is 0.923 bits per heavy atom. The first-order chi connectivity index (χ1) is 19.2. The van der Waals surface area contributed by atoms with Crippen molar-refractivity contribution in [1.29, 1.82) is 0 Å².